The number of aromatic nitrogens is 2. The van der Waals surface area contributed by atoms with Crippen LogP contribution in [-0.4, -0.2) is 37.3 Å². The van der Waals surface area contributed by atoms with Crippen molar-refractivity contribution in [3.8, 4) is 11.5 Å². The molecule has 0 aliphatic rings. The molecule has 6 heteroatoms. The molecular weight excluding hydrogens is 304 g/mol. The van der Waals surface area contributed by atoms with Gasteiger partial charge in [0.1, 0.15) is 12.1 Å². The SMILES string of the molecule is COc1cc2ncnc(NCCNc3ccccc3)c2cc1OC. The number of benzene rings is 2. The van der Waals surface area contributed by atoms with E-state index in [-0.39, 0.29) is 0 Å². The van der Waals surface area contributed by atoms with Gasteiger partial charge in [-0.05, 0) is 18.2 Å². The van der Waals surface area contributed by atoms with Crippen molar-refractivity contribution in [1.29, 1.82) is 0 Å². The molecule has 1 aromatic heterocycles. The standard InChI is InChI=1S/C18H20N4O2/c1-23-16-10-14-15(11-17(16)24-2)21-12-22-18(14)20-9-8-19-13-6-4-3-5-7-13/h3-7,10-12,19H,8-9H2,1-2H3,(H,20,21,22). The summed E-state index contributed by atoms with van der Waals surface area (Å²) in [6, 6.07) is 13.8. The van der Waals surface area contributed by atoms with E-state index in [2.05, 4.69) is 20.6 Å². The van der Waals surface area contributed by atoms with E-state index in [4.69, 9.17) is 9.47 Å². The average molecular weight is 324 g/mol. The van der Waals surface area contributed by atoms with Crippen LogP contribution in [0.5, 0.6) is 11.5 Å². The molecule has 0 unspecified atom stereocenters. The van der Waals surface area contributed by atoms with E-state index in [9.17, 15) is 0 Å². The first-order valence-electron chi connectivity index (χ1n) is 7.71. The van der Waals surface area contributed by atoms with Crippen LogP contribution in [-0.2, 0) is 0 Å². The number of fused-ring (bicyclic) bond motifs is 1. The molecule has 6 nitrogen and oxygen atoms in total. The van der Waals surface area contributed by atoms with Crippen molar-refractivity contribution in [3.63, 3.8) is 0 Å². The third kappa shape index (κ3) is 3.48. The summed E-state index contributed by atoms with van der Waals surface area (Å²) in [6.45, 7) is 1.51. The lowest BCUT2D eigenvalue weighted by Gasteiger charge is -2.12. The number of para-hydroxylation sites is 1. The van der Waals surface area contributed by atoms with Crippen LogP contribution >= 0.6 is 0 Å². The normalized spacial score (nSPS) is 10.4. The van der Waals surface area contributed by atoms with Crippen LogP contribution in [0.3, 0.4) is 0 Å². The van der Waals surface area contributed by atoms with Gasteiger partial charge < -0.3 is 20.1 Å². The summed E-state index contributed by atoms with van der Waals surface area (Å²) < 4.78 is 10.7. The summed E-state index contributed by atoms with van der Waals surface area (Å²) in [5.41, 5.74) is 1.90. The molecule has 2 N–H and O–H groups in total. The highest BCUT2D eigenvalue weighted by molar-refractivity contribution is 5.91. The Morgan fingerprint density at radius 3 is 2.33 bits per heavy atom. The van der Waals surface area contributed by atoms with Crippen LogP contribution in [0.25, 0.3) is 10.9 Å². The second kappa shape index (κ2) is 7.50. The zero-order valence-corrected chi connectivity index (χ0v) is 13.7. The van der Waals surface area contributed by atoms with E-state index >= 15 is 0 Å². The minimum Gasteiger partial charge on any atom is -0.493 e. The van der Waals surface area contributed by atoms with Gasteiger partial charge in [0.25, 0.3) is 0 Å². The summed E-state index contributed by atoms with van der Waals surface area (Å²) >= 11 is 0. The smallest absolute Gasteiger partial charge is 0.162 e. The quantitative estimate of drug-likeness (QED) is 0.651. The first-order valence-corrected chi connectivity index (χ1v) is 7.71. The Kier molecular flexibility index (Phi) is 4.96. The summed E-state index contributed by atoms with van der Waals surface area (Å²) in [7, 11) is 3.23. The molecular formula is C18H20N4O2. The highest BCUT2D eigenvalue weighted by Gasteiger charge is 2.10. The number of nitrogens with zero attached hydrogens (tertiary/aromatic N) is 2. The third-order valence-electron chi connectivity index (χ3n) is 3.66. The predicted octanol–water partition coefficient (Wildman–Crippen LogP) is 3.17. The van der Waals surface area contributed by atoms with E-state index in [1.54, 1.807) is 20.5 Å². The summed E-state index contributed by atoms with van der Waals surface area (Å²) in [4.78, 5) is 8.64. The molecule has 0 aliphatic heterocycles. The molecule has 0 saturated carbocycles. The van der Waals surface area contributed by atoms with Gasteiger partial charge in [0.2, 0.25) is 0 Å². The molecule has 0 spiro atoms. The first kappa shape index (κ1) is 15.9. The van der Waals surface area contributed by atoms with Crippen LogP contribution in [0.4, 0.5) is 11.5 Å². The number of rotatable bonds is 7. The fourth-order valence-corrected chi connectivity index (χ4v) is 2.47. The number of nitrogens with one attached hydrogen (secondary N) is 2. The van der Waals surface area contributed by atoms with Gasteiger partial charge in [-0.3, -0.25) is 0 Å². The van der Waals surface area contributed by atoms with Crippen molar-refractivity contribution < 1.29 is 9.47 Å². The minimum atomic E-state index is 0.653. The average Bonchev–Trinajstić information content (AvgIpc) is 2.65. The maximum Gasteiger partial charge on any atom is 0.162 e. The molecule has 0 saturated heterocycles. The lowest BCUT2D eigenvalue weighted by molar-refractivity contribution is 0.356. The Morgan fingerprint density at radius 2 is 1.58 bits per heavy atom. The van der Waals surface area contributed by atoms with Gasteiger partial charge in [0.05, 0.1) is 19.7 Å². The molecule has 0 atom stereocenters. The van der Waals surface area contributed by atoms with Crippen LogP contribution < -0.4 is 20.1 Å². The van der Waals surface area contributed by atoms with E-state index in [1.807, 2.05) is 42.5 Å². The fraction of sp³-hybridized carbons (Fsp3) is 0.222. The highest BCUT2D eigenvalue weighted by atomic mass is 16.5. The number of anilines is 2. The van der Waals surface area contributed by atoms with Gasteiger partial charge in [-0.1, -0.05) is 18.2 Å². The molecule has 2 aromatic carbocycles. The molecule has 0 radical (unpaired) electrons. The Bertz CT molecular complexity index is 809. The molecule has 3 rings (SSSR count). The first-order chi connectivity index (χ1) is 11.8. The largest absolute Gasteiger partial charge is 0.493 e. The topological polar surface area (TPSA) is 68.3 Å². The molecule has 0 aliphatic carbocycles. The molecule has 0 fully saturated rings. The van der Waals surface area contributed by atoms with Gasteiger partial charge >= 0.3 is 0 Å². The summed E-state index contributed by atoms with van der Waals surface area (Å²) in [5, 5.41) is 7.59. The zero-order valence-electron chi connectivity index (χ0n) is 13.7. The fourth-order valence-electron chi connectivity index (χ4n) is 2.47. The molecule has 1 heterocycles. The second-order valence-electron chi connectivity index (χ2n) is 5.17. The van der Waals surface area contributed by atoms with Crippen molar-refractivity contribution in [1.82, 2.24) is 9.97 Å². The number of ether oxygens (including phenoxy) is 2. The van der Waals surface area contributed by atoms with Gasteiger partial charge in [0.15, 0.2) is 11.5 Å². The maximum atomic E-state index is 5.36. The van der Waals surface area contributed by atoms with Gasteiger partial charge in [-0.25, -0.2) is 9.97 Å². The minimum absolute atomic E-state index is 0.653. The monoisotopic (exact) mass is 324 g/mol. The second-order valence-corrected chi connectivity index (χ2v) is 5.17. The molecule has 3 aromatic rings. The van der Waals surface area contributed by atoms with E-state index in [0.29, 0.717) is 11.5 Å². The third-order valence-corrected chi connectivity index (χ3v) is 3.66. The number of methoxy groups -OCH3 is 2. The van der Waals surface area contributed by atoms with Crippen LogP contribution in [0.1, 0.15) is 0 Å². The Labute approximate surface area is 140 Å². The van der Waals surface area contributed by atoms with E-state index in [1.165, 1.54) is 0 Å². The van der Waals surface area contributed by atoms with Crippen LogP contribution in [0, 0.1) is 0 Å². The van der Waals surface area contributed by atoms with Crippen molar-refractivity contribution in [2.75, 3.05) is 37.9 Å². The Morgan fingerprint density at radius 1 is 0.875 bits per heavy atom. The number of hydrogen-bond acceptors (Lipinski definition) is 6. The molecule has 0 bridgehead atoms. The van der Waals surface area contributed by atoms with Crippen LogP contribution in [0.15, 0.2) is 48.8 Å². The lowest BCUT2D eigenvalue weighted by atomic mass is 10.2. The van der Waals surface area contributed by atoms with Gasteiger partial charge in [-0.2, -0.15) is 0 Å². The predicted molar refractivity (Wildman–Crippen MR) is 96.1 cm³/mol. The summed E-state index contributed by atoms with van der Waals surface area (Å²) in [6.07, 6.45) is 1.54. The number of hydrogen-bond donors (Lipinski definition) is 2. The van der Waals surface area contributed by atoms with E-state index < -0.39 is 0 Å². The van der Waals surface area contributed by atoms with Crippen LogP contribution in [0.2, 0.25) is 0 Å². The molecule has 0 amide bonds. The van der Waals surface area contributed by atoms with Gasteiger partial charge in [0, 0.05) is 30.2 Å². The van der Waals surface area contributed by atoms with Crippen molar-refractivity contribution >= 4 is 22.4 Å². The summed E-state index contributed by atoms with van der Waals surface area (Å²) in [5.74, 6) is 2.08. The van der Waals surface area contributed by atoms with E-state index in [0.717, 1.165) is 35.5 Å². The van der Waals surface area contributed by atoms with Crippen molar-refractivity contribution in [2.45, 2.75) is 0 Å². The molecule has 124 valence electrons. The Balaban J connectivity index is 1.72. The van der Waals surface area contributed by atoms with Gasteiger partial charge in [-0.15, -0.1) is 0 Å². The maximum absolute atomic E-state index is 5.36. The van der Waals surface area contributed by atoms with Crippen molar-refractivity contribution in [2.24, 2.45) is 0 Å². The highest BCUT2D eigenvalue weighted by Crippen LogP contribution is 2.33. The zero-order chi connectivity index (χ0) is 16.8. The van der Waals surface area contributed by atoms with Crippen molar-refractivity contribution in [3.05, 3.63) is 48.8 Å². The molecule has 24 heavy (non-hydrogen) atoms. The Hall–Kier alpha value is -3.02. The lowest BCUT2D eigenvalue weighted by Crippen LogP contribution is -2.14.